The summed E-state index contributed by atoms with van der Waals surface area (Å²) in [5.41, 5.74) is 1.14. The van der Waals surface area contributed by atoms with Gasteiger partial charge in [-0.05, 0) is 55.7 Å². The number of ether oxygens (including phenoxy) is 2. The van der Waals surface area contributed by atoms with E-state index in [4.69, 9.17) is 13.9 Å². The van der Waals surface area contributed by atoms with Gasteiger partial charge in [-0.2, -0.15) is 0 Å². The molecule has 0 aliphatic carbocycles. The number of carbonyl (C=O) groups excluding carboxylic acids is 1. The third-order valence-corrected chi connectivity index (χ3v) is 5.92. The second-order valence-corrected chi connectivity index (χ2v) is 9.90. The van der Waals surface area contributed by atoms with Gasteiger partial charge in [-0.15, -0.1) is 5.10 Å². The van der Waals surface area contributed by atoms with Crippen molar-refractivity contribution in [1.82, 2.24) is 25.3 Å². The quantitative estimate of drug-likeness (QED) is 0.334. The normalized spacial score (nSPS) is 13.4. The van der Waals surface area contributed by atoms with Gasteiger partial charge in [0.05, 0.1) is 19.5 Å². The fourth-order valence-electron chi connectivity index (χ4n) is 3.83. The van der Waals surface area contributed by atoms with Crippen molar-refractivity contribution >= 4 is 16.9 Å². The predicted molar refractivity (Wildman–Crippen MR) is 137 cm³/mol. The number of fused-ring (bicyclic) bond motifs is 1. The summed E-state index contributed by atoms with van der Waals surface area (Å²) in [6, 6.07) is 11.7. The van der Waals surface area contributed by atoms with Crippen molar-refractivity contribution in [3.05, 3.63) is 60.4 Å². The standard InChI is InChI=1S/C27H33N5O4/c1-7-17(2)24(29-26(33)36-27(3,4)5)25-28-14-22(35-25)15-32-16-23(30-31-32)20-9-8-19-13-21(34-6)11-10-18(19)12-20/h8-14,16-17,24H,7,15H2,1-6H3,(H,29,33)/t17-,24-/m0/s1. The van der Waals surface area contributed by atoms with E-state index in [1.165, 1.54) is 0 Å². The number of amides is 1. The van der Waals surface area contributed by atoms with Gasteiger partial charge in [0, 0.05) is 5.56 Å². The Morgan fingerprint density at radius 3 is 2.64 bits per heavy atom. The van der Waals surface area contributed by atoms with Gasteiger partial charge in [-0.1, -0.05) is 43.7 Å². The lowest BCUT2D eigenvalue weighted by atomic mass is 9.99. The van der Waals surface area contributed by atoms with Crippen LogP contribution < -0.4 is 10.1 Å². The molecule has 9 nitrogen and oxygen atoms in total. The number of nitrogens with one attached hydrogen (secondary N) is 1. The molecular formula is C27H33N5O4. The van der Waals surface area contributed by atoms with Crippen molar-refractivity contribution in [2.75, 3.05) is 7.11 Å². The van der Waals surface area contributed by atoms with Gasteiger partial charge in [0.15, 0.2) is 0 Å². The number of rotatable bonds is 8. The van der Waals surface area contributed by atoms with Crippen molar-refractivity contribution in [2.24, 2.45) is 5.92 Å². The second kappa shape index (κ2) is 10.4. The number of oxazole rings is 1. The number of hydrogen-bond acceptors (Lipinski definition) is 7. The molecule has 0 aliphatic rings. The van der Waals surface area contributed by atoms with Gasteiger partial charge in [0.1, 0.15) is 35.4 Å². The summed E-state index contributed by atoms with van der Waals surface area (Å²) in [4.78, 5) is 16.8. The molecule has 0 radical (unpaired) electrons. The Morgan fingerprint density at radius 2 is 1.92 bits per heavy atom. The monoisotopic (exact) mass is 491 g/mol. The van der Waals surface area contributed by atoms with Crippen LogP contribution in [0.15, 0.2) is 53.2 Å². The molecule has 0 fully saturated rings. The van der Waals surface area contributed by atoms with E-state index in [1.54, 1.807) is 18.0 Å². The predicted octanol–water partition coefficient (Wildman–Crippen LogP) is 5.76. The minimum atomic E-state index is -0.589. The first-order chi connectivity index (χ1) is 17.1. The minimum Gasteiger partial charge on any atom is -0.497 e. The van der Waals surface area contributed by atoms with Crippen LogP contribution in [0.2, 0.25) is 0 Å². The van der Waals surface area contributed by atoms with Crippen molar-refractivity contribution in [3.8, 4) is 17.0 Å². The number of benzene rings is 2. The highest BCUT2D eigenvalue weighted by Gasteiger charge is 2.27. The van der Waals surface area contributed by atoms with E-state index >= 15 is 0 Å². The highest BCUT2D eigenvalue weighted by atomic mass is 16.6. The summed E-state index contributed by atoms with van der Waals surface area (Å²) in [7, 11) is 1.66. The largest absolute Gasteiger partial charge is 0.497 e. The molecular weight excluding hydrogens is 458 g/mol. The molecule has 2 aromatic carbocycles. The first kappa shape index (κ1) is 25.2. The molecule has 0 saturated carbocycles. The topological polar surface area (TPSA) is 104 Å². The Morgan fingerprint density at radius 1 is 1.17 bits per heavy atom. The van der Waals surface area contributed by atoms with Crippen LogP contribution in [0.25, 0.3) is 22.0 Å². The van der Waals surface area contributed by atoms with Gasteiger partial charge < -0.3 is 19.2 Å². The maximum atomic E-state index is 12.4. The van der Waals surface area contributed by atoms with Gasteiger partial charge in [-0.3, -0.25) is 0 Å². The molecule has 4 rings (SSSR count). The van der Waals surface area contributed by atoms with Gasteiger partial charge in [0.25, 0.3) is 0 Å². The number of carbonyl (C=O) groups is 1. The first-order valence-electron chi connectivity index (χ1n) is 12.1. The highest BCUT2D eigenvalue weighted by molar-refractivity contribution is 5.87. The molecule has 0 bridgehead atoms. The minimum absolute atomic E-state index is 0.106. The number of alkyl carbamates (subject to hydrolysis) is 1. The summed E-state index contributed by atoms with van der Waals surface area (Å²) in [5, 5.41) is 13.7. The van der Waals surface area contributed by atoms with Crippen LogP contribution in [-0.2, 0) is 11.3 Å². The maximum absolute atomic E-state index is 12.4. The Balaban J connectivity index is 1.48. The smallest absolute Gasteiger partial charge is 0.408 e. The fourth-order valence-corrected chi connectivity index (χ4v) is 3.83. The molecule has 4 aromatic rings. The molecule has 0 saturated heterocycles. The third-order valence-electron chi connectivity index (χ3n) is 5.92. The SMILES string of the molecule is CC[C@H](C)[C@H](NC(=O)OC(C)(C)C)c1ncc(Cn2cc(-c3ccc4cc(OC)ccc4c3)nn2)o1. The van der Waals surface area contributed by atoms with Crippen molar-refractivity contribution in [3.63, 3.8) is 0 Å². The molecule has 9 heteroatoms. The van der Waals surface area contributed by atoms with Crippen LogP contribution in [0.3, 0.4) is 0 Å². The van der Waals surface area contributed by atoms with E-state index in [9.17, 15) is 4.79 Å². The summed E-state index contributed by atoms with van der Waals surface area (Å²) in [6.45, 7) is 9.94. The fraction of sp³-hybridized carbons (Fsp3) is 0.407. The number of nitrogens with zero attached hydrogens (tertiary/aromatic N) is 4. The van der Waals surface area contributed by atoms with Crippen LogP contribution in [0.5, 0.6) is 5.75 Å². The second-order valence-electron chi connectivity index (χ2n) is 9.90. The molecule has 2 heterocycles. The van der Waals surface area contributed by atoms with Crippen LogP contribution in [0.1, 0.15) is 58.7 Å². The van der Waals surface area contributed by atoms with E-state index in [-0.39, 0.29) is 5.92 Å². The van der Waals surface area contributed by atoms with Gasteiger partial charge >= 0.3 is 6.09 Å². The third kappa shape index (κ3) is 6.02. The zero-order chi connectivity index (χ0) is 25.9. The molecule has 36 heavy (non-hydrogen) atoms. The molecule has 1 N–H and O–H groups in total. The summed E-state index contributed by atoms with van der Waals surface area (Å²) >= 11 is 0. The van der Waals surface area contributed by atoms with Crippen LogP contribution in [0, 0.1) is 5.92 Å². The van der Waals surface area contributed by atoms with Crippen LogP contribution in [-0.4, -0.2) is 38.8 Å². The number of hydrogen-bond donors (Lipinski definition) is 1. The molecule has 0 aliphatic heterocycles. The Hall–Kier alpha value is -3.88. The lowest BCUT2D eigenvalue weighted by Gasteiger charge is -2.25. The lowest BCUT2D eigenvalue weighted by molar-refractivity contribution is 0.0474. The molecule has 0 unspecified atom stereocenters. The molecule has 2 atom stereocenters. The Kier molecular flexibility index (Phi) is 7.28. The zero-order valence-corrected chi connectivity index (χ0v) is 21.6. The van der Waals surface area contributed by atoms with Crippen molar-refractivity contribution < 1.29 is 18.7 Å². The van der Waals surface area contributed by atoms with E-state index in [0.29, 0.717) is 18.2 Å². The Labute approximate surface area is 210 Å². The number of methoxy groups -OCH3 is 1. The first-order valence-corrected chi connectivity index (χ1v) is 12.1. The average molecular weight is 492 g/mol. The maximum Gasteiger partial charge on any atom is 0.408 e. The highest BCUT2D eigenvalue weighted by Crippen LogP contribution is 2.27. The zero-order valence-electron chi connectivity index (χ0n) is 21.6. The Bertz CT molecular complexity index is 1340. The van der Waals surface area contributed by atoms with Gasteiger partial charge in [-0.25, -0.2) is 14.5 Å². The van der Waals surface area contributed by atoms with Crippen molar-refractivity contribution in [2.45, 2.75) is 59.2 Å². The lowest BCUT2D eigenvalue weighted by Crippen LogP contribution is -2.37. The van der Waals surface area contributed by atoms with E-state index in [2.05, 4.69) is 33.6 Å². The van der Waals surface area contributed by atoms with Crippen LogP contribution >= 0.6 is 0 Å². The van der Waals surface area contributed by atoms with E-state index < -0.39 is 17.7 Å². The average Bonchev–Trinajstić information content (AvgIpc) is 3.50. The molecule has 2 aromatic heterocycles. The van der Waals surface area contributed by atoms with E-state index in [0.717, 1.165) is 34.2 Å². The number of aromatic nitrogens is 4. The summed E-state index contributed by atoms with van der Waals surface area (Å²) in [5.74, 6) is 1.99. The molecule has 1 amide bonds. The molecule has 190 valence electrons. The van der Waals surface area contributed by atoms with Gasteiger partial charge in [0.2, 0.25) is 5.89 Å². The summed E-state index contributed by atoms with van der Waals surface area (Å²) < 4.78 is 18.4. The van der Waals surface area contributed by atoms with Crippen molar-refractivity contribution in [1.29, 1.82) is 0 Å². The van der Waals surface area contributed by atoms with Crippen LogP contribution in [0.4, 0.5) is 4.79 Å². The molecule has 0 spiro atoms. The summed E-state index contributed by atoms with van der Waals surface area (Å²) in [6.07, 6.45) is 3.87. The van der Waals surface area contributed by atoms with E-state index in [1.807, 2.05) is 64.2 Å².